The third-order valence-corrected chi connectivity index (χ3v) is 4.34. The second-order valence-electron chi connectivity index (χ2n) is 5.84. The first-order valence-corrected chi connectivity index (χ1v) is 7.52. The molecule has 4 heteroatoms. The topological polar surface area (TPSA) is 58.2 Å². The maximum atomic E-state index is 12.5. The molecule has 1 aromatic carbocycles. The number of carbonyl (C=O) groups excluding carboxylic acids is 2. The Morgan fingerprint density at radius 2 is 1.71 bits per heavy atom. The lowest BCUT2D eigenvalue weighted by atomic mass is 9.85. The van der Waals surface area contributed by atoms with E-state index in [4.69, 9.17) is 0 Å². The lowest BCUT2D eigenvalue weighted by Crippen LogP contribution is -2.69. The quantitative estimate of drug-likeness (QED) is 0.812. The van der Waals surface area contributed by atoms with Crippen molar-refractivity contribution in [2.45, 2.75) is 43.7 Å². The zero-order valence-corrected chi connectivity index (χ0v) is 12.0. The summed E-state index contributed by atoms with van der Waals surface area (Å²) in [4.78, 5) is 24.9. The fraction of sp³-hybridized carbons (Fsp3) is 0.412. The van der Waals surface area contributed by atoms with Gasteiger partial charge in [-0.05, 0) is 31.2 Å². The van der Waals surface area contributed by atoms with Gasteiger partial charge in [-0.15, -0.1) is 0 Å². The molecule has 0 unspecified atom stereocenters. The summed E-state index contributed by atoms with van der Waals surface area (Å²) in [5.74, 6) is -0.105. The monoisotopic (exact) mass is 284 g/mol. The van der Waals surface area contributed by atoms with E-state index in [0.29, 0.717) is 19.3 Å². The molecular weight excluding hydrogens is 264 g/mol. The van der Waals surface area contributed by atoms with Gasteiger partial charge in [0.2, 0.25) is 11.8 Å². The normalized spacial score (nSPS) is 24.3. The minimum Gasteiger partial charge on any atom is -0.342 e. The Bertz CT molecular complexity index is 555. The molecule has 1 fully saturated rings. The van der Waals surface area contributed by atoms with Crippen LogP contribution in [-0.2, 0) is 16.0 Å². The van der Waals surface area contributed by atoms with E-state index in [1.807, 2.05) is 30.3 Å². The molecule has 2 aliphatic rings. The molecule has 1 heterocycles. The number of rotatable bonds is 2. The lowest BCUT2D eigenvalue weighted by Gasteiger charge is -2.39. The van der Waals surface area contributed by atoms with Crippen LogP contribution in [0.2, 0.25) is 0 Å². The molecule has 0 radical (unpaired) electrons. The molecular formula is C17H20N2O2. The smallest absolute Gasteiger partial charge is 0.246 e. The van der Waals surface area contributed by atoms with Crippen LogP contribution in [0.15, 0.2) is 42.5 Å². The van der Waals surface area contributed by atoms with Crippen molar-refractivity contribution in [2.75, 3.05) is 0 Å². The molecule has 2 N–H and O–H groups in total. The van der Waals surface area contributed by atoms with Crippen LogP contribution in [0.3, 0.4) is 0 Å². The molecule has 4 nitrogen and oxygen atoms in total. The molecule has 2 amide bonds. The summed E-state index contributed by atoms with van der Waals surface area (Å²) in [5.41, 5.74) is 0.338. The van der Waals surface area contributed by atoms with Crippen molar-refractivity contribution < 1.29 is 9.59 Å². The zero-order valence-electron chi connectivity index (χ0n) is 12.0. The molecule has 1 aliphatic carbocycles. The van der Waals surface area contributed by atoms with Gasteiger partial charge >= 0.3 is 0 Å². The molecule has 1 aliphatic heterocycles. The number of amides is 2. The van der Waals surface area contributed by atoms with Crippen LogP contribution >= 0.6 is 0 Å². The molecule has 3 rings (SSSR count). The summed E-state index contributed by atoms with van der Waals surface area (Å²) >= 11 is 0. The summed E-state index contributed by atoms with van der Waals surface area (Å²) in [6, 6.07) is 9.30. The highest BCUT2D eigenvalue weighted by Gasteiger charge is 2.45. The number of nitrogens with one attached hydrogen (secondary N) is 2. The van der Waals surface area contributed by atoms with Crippen molar-refractivity contribution in [1.29, 1.82) is 0 Å². The second kappa shape index (κ2) is 5.72. The third-order valence-electron chi connectivity index (χ3n) is 4.34. The number of allylic oxidation sites excluding steroid dienone is 2. The van der Waals surface area contributed by atoms with Crippen molar-refractivity contribution >= 4 is 11.8 Å². The molecule has 0 bridgehead atoms. The highest BCUT2D eigenvalue weighted by molar-refractivity contribution is 6.00. The summed E-state index contributed by atoms with van der Waals surface area (Å²) < 4.78 is 0. The summed E-state index contributed by atoms with van der Waals surface area (Å²) in [7, 11) is 0. The summed E-state index contributed by atoms with van der Waals surface area (Å²) in [6.45, 7) is 0. The van der Waals surface area contributed by atoms with E-state index in [1.165, 1.54) is 0 Å². The van der Waals surface area contributed by atoms with Gasteiger partial charge in [-0.1, -0.05) is 42.5 Å². The molecule has 110 valence electrons. The molecule has 0 saturated carbocycles. The molecule has 1 aromatic rings. The van der Waals surface area contributed by atoms with Crippen molar-refractivity contribution in [3.05, 3.63) is 48.0 Å². The van der Waals surface area contributed by atoms with E-state index < -0.39 is 11.6 Å². The molecule has 1 atom stereocenters. The van der Waals surface area contributed by atoms with Gasteiger partial charge in [0.15, 0.2) is 0 Å². The standard InChI is InChI=1S/C17H20N2O2/c20-15-14(12-13-8-4-3-5-9-13)18-16(21)17(19-15)10-6-1-2-7-11-17/h1-5,8-9,14H,6-7,10-12H2,(H,18,21)(H,19,20)/t14-/m0/s1. The Hall–Kier alpha value is -2.10. The average molecular weight is 284 g/mol. The number of hydrogen-bond donors (Lipinski definition) is 2. The van der Waals surface area contributed by atoms with E-state index >= 15 is 0 Å². The van der Waals surface area contributed by atoms with E-state index in [2.05, 4.69) is 22.8 Å². The predicted octanol–water partition coefficient (Wildman–Crippen LogP) is 1.71. The van der Waals surface area contributed by atoms with Crippen LogP contribution in [0.1, 0.15) is 31.2 Å². The third kappa shape index (κ3) is 2.84. The Morgan fingerprint density at radius 1 is 1.05 bits per heavy atom. The van der Waals surface area contributed by atoms with Gasteiger partial charge in [0.25, 0.3) is 0 Å². The van der Waals surface area contributed by atoms with Crippen LogP contribution in [0.4, 0.5) is 0 Å². The maximum absolute atomic E-state index is 12.5. The van der Waals surface area contributed by atoms with E-state index in [1.54, 1.807) is 0 Å². The van der Waals surface area contributed by atoms with Crippen LogP contribution in [-0.4, -0.2) is 23.4 Å². The lowest BCUT2D eigenvalue weighted by molar-refractivity contribution is -0.142. The molecule has 1 spiro atoms. The van der Waals surface area contributed by atoms with Gasteiger partial charge in [0.1, 0.15) is 11.6 Å². The van der Waals surface area contributed by atoms with E-state index in [0.717, 1.165) is 18.4 Å². The first-order chi connectivity index (χ1) is 10.2. The Labute approximate surface area is 124 Å². The first-order valence-electron chi connectivity index (χ1n) is 7.52. The fourth-order valence-electron chi connectivity index (χ4n) is 3.11. The van der Waals surface area contributed by atoms with Gasteiger partial charge in [0.05, 0.1) is 0 Å². The van der Waals surface area contributed by atoms with E-state index in [9.17, 15) is 9.59 Å². The van der Waals surface area contributed by atoms with Crippen molar-refractivity contribution in [3.63, 3.8) is 0 Å². The van der Waals surface area contributed by atoms with Gasteiger partial charge in [0, 0.05) is 6.42 Å². The van der Waals surface area contributed by atoms with E-state index in [-0.39, 0.29) is 11.8 Å². The maximum Gasteiger partial charge on any atom is 0.246 e. The average Bonchev–Trinajstić information content (AvgIpc) is 2.72. The zero-order chi connectivity index (χ0) is 14.7. The highest BCUT2D eigenvalue weighted by atomic mass is 16.2. The van der Waals surface area contributed by atoms with Gasteiger partial charge in [-0.3, -0.25) is 9.59 Å². The summed E-state index contributed by atoms with van der Waals surface area (Å²) in [5, 5.41) is 5.93. The Balaban J connectivity index is 1.72. The fourth-order valence-corrected chi connectivity index (χ4v) is 3.11. The van der Waals surface area contributed by atoms with Crippen LogP contribution in [0, 0.1) is 0 Å². The van der Waals surface area contributed by atoms with Gasteiger partial charge < -0.3 is 10.6 Å². The number of hydrogen-bond acceptors (Lipinski definition) is 2. The minimum absolute atomic E-state index is 0.0354. The molecule has 1 saturated heterocycles. The highest BCUT2D eigenvalue weighted by Crippen LogP contribution is 2.27. The Morgan fingerprint density at radius 3 is 2.38 bits per heavy atom. The molecule has 21 heavy (non-hydrogen) atoms. The number of carbonyl (C=O) groups is 2. The van der Waals surface area contributed by atoms with Gasteiger partial charge in [-0.25, -0.2) is 0 Å². The minimum atomic E-state index is -0.715. The number of piperazine rings is 1. The van der Waals surface area contributed by atoms with Crippen LogP contribution < -0.4 is 10.6 Å². The largest absolute Gasteiger partial charge is 0.342 e. The van der Waals surface area contributed by atoms with Crippen molar-refractivity contribution in [3.8, 4) is 0 Å². The van der Waals surface area contributed by atoms with Crippen molar-refractivity contribution in [1.82, 2.24) is 10.6 Å². The van der Waals surface area contributed by atoms with Crippen LogP contribution in [0.25, 0.3) is 0 Å². The van der Waals surface area contributed by atoms with Crippen LogP contribution in [0.5, 0.6) is 0 Å². The first kappa shape index (κ1) is 13.9. The van der Waals surface area contributed by atoms with Crippen molar-refractivity contribution in [2.24, 2.45) is 0 Å². The second-order valence-corrected chi connectivity index (χ2v) is 5.84. The molecule has 0 aromatic heterocycles. The SMILES string of the molecule is O=C1NC2(CCC=CCC2)C(=O)N[C@H]1Cc1ccccc1. The van der Waals surface area contributed by atoms with Gasteiger partial charge in [-0.2, -0.15) is 0 Å². The summed E-state index contributed by atoms with van der Waals surface area (Å²) in [6.07, 6.45) is 7.73. The Kier molecular flexibility index (Phi) is 3.78. The predicted molar refractivity (Wildman–Crippen MR) is 80.6 cm³/mol. The number of benzene rings is 1.